The van der Waals surface area contributed by atoms with Crippen LogP contribution in [-0.4, -0.2) is 18.5 Å². The van der Waals surface area contributed by atoms with Crippen LogP contribution in [0.4, 0.5) is 5.69 Å². The van der Waals surface area contributed by atoms with Crippen molar-refractivity contribution in [1.29, 1.82) is 0 Å². The molecule has 0 bridgehead atoms. The average Bonchev–Trinajstić information content (AvgIpc) is 2.16. The Balaban J connectivity index is 0.00000144. The Kier molecular flexibility index (Phi) is 7.07. The van der Waals surface area contributed by atoms with Crippen molar-refractivity contribution in [2.24, 2.45) is 4.99 Å². The van der Waals surface area contributed by atoms with Crippen LogP contribution in [0.25, 0.3) is 0 Å². The monoisotopic (exact) mass is 308 g/mol. The van der Waals surface area contributed by atoms with E-state index in [0.717, 1.165) is 10.9 Å². The molecule has 1 rings (SSSR count). The molecule has 13 heavy (non-hydrogen) atoms. The van der Waals surface area contributed by atoms with Gasteiger partial charge in [-0.2, -0.15) is 0 Å². The fourth-order valence-corrected chi connectivity index (χ4v) is 1.25. The second-order valence-corrected chi connectivity index (χ2v) is 3.02. The normalized spacial score (nSPS) is 10.5. The van der Waals surface area contributed by atoms with E-state index in [-0.39, 0.29) is 24.0 Å². The van der Waals surface area contributed by atoms with Gasteiger partial charge >= 0.3 is 0 Å². The minimum atomic E-state index is 0. The maximum Gasteiger partial charge on any atom is 0.160 e. The van der Waals surface area contributed by atoms with Gasteiger partial charge in [0.2, 0.25) is 0 Å². The van der Waals surface area contributed by atoms with E-state index >= 15 is 0 Å². The molecule has 0 spiro atoms. The Morgan fingerprint density at radius 3 is 2.38 bits per heavy atom. The molecule has 0 amide bonds. The molecule has 0 radical (unpaired) electrons. The van der Waals surface area contributed by atoms with Crippen molar-refractivity contribution in [3.8, 4) is 0 Å². The van der Waals surface area contributed by atoms with Crippen molar-refractivity contribution >= 4 is 46.6 Å². The van der Waals surface area contributed by atoms with Crippen molar-refractivity contribution in [2.75, 3.05) is 18.6 Å². The summed E-state index contributed by atoms with van der Waals surface area (Å²) in [5.74, 6) is 0. The van der Waals surface area contributed by atoms with E-state index in [0.29, 0.717) is 0 Å². The summed E-state index contributed by atoms with van der Waals surface area (Å²) in [6.07, 6.45) is 2.00. The number of nitrogens with zero attached hydrogens (tertiary/aromatic N) is 1. The number of rotatable bonds is 1. The summed E-state index contributed by atoms with van der Waals surface area (Å²) in [7, 11) is 1.78. The number of hydrogen-bond acceptors (Lipinski definition) is 2. The summed E-state index contributed by atoms with van der Waals surface area (Å²) in [6.45, 7) is 0. The second kappa shape index (κ2) is 7.20. The first kappa shape index (κ1) is 12.8. The fourth-order valence-electron chi connectivity index (χ4n) is 0.843. The van der Waals surface area contributed by atoms with Gasteiger partial charge in [0, 0.05) is 12.7 Å². The van der Waals surface area contributed by atoms with E-state index < -0.39 is 0 Å². The molecule has 1 N–H and O–H groups in total. The zero-order valence-corrected chi connectivity index (χ0v) is 10.8. The van der Waals surface area contributed by atoms with Gasteiger partial charge in [0.25, 0.3) is 0 Å². The van der Waals surface area contributed by atoms with Gasteiger partial charge in [-0.3, -0.25) is 4.99 Å². The molecule has 0 saturated carbocycles. The third kappa shape index (κ3) is 4.52. The van der Waals surface area contributed by atoms with Gasteiger partial charge in [0.05, 0.1) is 0 Å². The molecule has 72 valence electrons. The second-order valence-electron chi connectivity index (χ2n) is 2.22. The number of para-hydroxylation sites is 1. The lowest BCUT2D eigenvalue weighted by Crippen LogP contribution is -2.06. The lowest BCUT2D eigenvalue weighted by atomic mass is 10.3. The number of anilines is 1. The van der Waals surface area contributed by atoms with Crippen LogP contribution >= 0.6 is 35.7 Å². The maximum atomic E-state index is 4.07. The van der Waals surface area contributed by atoms with Crippen LogP contribution in [0.1, 0.15) is 0 Å². The van der Waals surface area contributed by atoms with Crippen LogP contribution in [0.2, 0.25) is 0 Å². The average molecular weight is 308 g/mol. The number of benzene rings is 1. The van der Waals surface area contributed by atoms with Crippen molar-refractivity contribution < 1.29 is 0 Å². The van der Waals surface area contributed by atoms with Crippen LogP contribution < -0.4 is 5.32 Å². The molecule has 0 unspecified atom stereocenters. The molecule has 0 aromatic heterocycles. The number of nitrogens with one attached hydrogen (secondary N) is 1. The molecule has 0 aliphatic heterocycles. The molecule has 0 aliphatic rings. The van der Waals surface area contributed by atoms with E-state index in [2.05, 4.69) is 10.3 Å². The molecule has 4 heteroatoms. The van der Waals surface area contributed by atoms with Crippen LogP contribution in [0.15, 0.2) is 35.3 Å². The van der Waals surface area contributed by atoms with Gasteiger partial charge in [-0.05, 0) is 18.4 Å². The summed E-state index contributed by atoms with van der Waals surface area (Å²) in [5.41, 5.74) is 1.08. The first-order chi connectivity index (χ1) is 5.86. The Hall–Kier alpha value is -0.230. The summed E-state index contributed by atoms with van der Waals surface area (Å²) in [5, 5.41) is 4.12. The van der Waals surface area contributed by atoms with Gasteiger partial charge in [-0.15, -0.1) is 24.0 Å². The van der Waals surface area contributed by atoms with E-state index in [1.54, 1.807) is 18.8 Å². The van der Waals surface area contributed by atoms with Crippen molar-refractivity contribution in [3.63, 3.8) is 0 Å². The molecule has 0 heterocycles. The summed E-state index contributed by atoms with van der Waals surface area (Å²) >= 11 is 1.60. The highest BCUT2D eigenvalue weighted by Gasteiger charge is 1.94. The molecule has 2 nitrogen and oxygen atoms in total. The van der Waals surface area contributed by atoms with Gasteiger partial charge in [-0.25, -0.2) is 0 Å². The highest BCUT2D eigenvalue weighted by molar-refractivity contribution is 14.0. The Morgan fingerprint density at radius 2 is 1.92 bits per heavy atom. The minimum absolute atomic E-state index is 0. The van der Waals surface area contributed by atoms with Crippen LogP contribution in [-0.2, 0) is 0 Å². The fraction of sp³-hybridized carbons (Fsp3) is 0.222. The topological polar surface area (TPSA) is 24.4 Å². The summed E-state index contributed by atoms with van der Waals surface area (Å²) < 4.78 is 0. The molecular weight excluding hydrogens is 295 g/mol. The Labute approximate surface area is 100 Å². The SMILES string of the molecule is CN=C(Nc1ccccc1)SC.I. The van der Waals surface area contributed by atoms with Crippen molar-refractivity contribution in [3.05, 3.63) is 30.3 Å². The molecule has 0 atom stereocenters. The zero-order chi connectivity index (χ0) is 8.81. The third-order valence-corrected chi connectivity index (χ3v) is 2.09. The van der Waals surface area contributed by atoms with Crippen LogP contribution in [0.3, 0.4) is 0 Å². The number of aliphatic imine (C=N–C) groups is 1. The van der Waals surface area contributed by atoms with Gasteiger partial charge in [-0.1, -0.05) is 30.0 Å². The van der Waals surface area contributed by atoms with E-state index in [1.165, 1.54) is 0 Å². The molecular formula is C9H13IN2S. The number of halogens is 1. The third-order valence-electron chi connectivity index (χ3n) is 1.42. The van der Waals surface area contributed by atoms with Gasteiger partial charge in [0.1, 0.15) is 0 Å². The Morgan fingerprint density at radius 1 is 1.31 bits per heavy atom. The predicted molar refractivity (Wildman–Crippen MR) is 72.4 cm³/mol. The summed E-state index contributed by atoms with van der Waals surface area (Å²) in [4.78, 5) is 4.07. The number of hydrogen-bond donors (Lipinski definition) is 1. The number of amidine groups is 1. The van der Waals surface area contributed by atoms with E-state index in [9.17, 15) is 0 Å². The molecule has 0 aliphatic carbocycles. The lowest BCUT2D eigenvalue weighted by molar-refractivity contribution is 1.45. The zero-order valence-electron chi connectivity index (χ0n) is 7.65. The standard InChI is InChI=1S/C9H12N2S.HI/c1-10-9(12-2)11-8-6-4-3-5-7-8;/h3-7H,1-2H3,(H,10,11);1H. The van der Waals surface area contributed by atoms with Gasteiger partial charge in [0.15, 0.2) is 5.17 Å². The van der Waals surface area contributed by atoms with E-state index in [4.69, 9.17) is 0 Å². The molecule has 1 aromatic rings. The number of thioether (sulfide) groups is 1. The first-order valence-electron chi connectivity index (χ1n) is 3.69. The molecule has 0 fully saturated rings. The maximum absolute atomic E-state index is 4.07. The minimum Gasteiger partial charge on any atom is -0.335 e. The molecule has 0 saturated heterocycles. The highest BCUT2D eigenvalue weighted by Crippen LogP contribution is 2.08. The van der Waals surface area contributed by atoms with Crippen molar-refractivity contribution in [1.82, 2.24) is 0 Å². The lowest BCUT2D eigenvalue weighted by Gasteiger charge is -2.05. The largest absolute Gasteiger partial charge is 0.335 e. The van der Waals surface area contributed by atoms with Crippen LogP contribution in [0.5, 0.6) is 0 Å². The quantitative estimate of drug-likeness (QED) is 0.490. The molecule has 1 aromatic carbocycles. The smallest absolute Gasteiger partial charge is 0.160 e. The highest BCUT2D eigenvalue weighted by atomic mass is 127. The predicted octanol–water partition coefficient (Wildman–Crippen LogP) is 3.07. The van der Waals surface area contributed by atoms with Crippen molar-refractivity contribution in [2.45, 2.75) is 0 Å². The first-order valence-corrected chi connectivity index (χ1v) is 4.92. The van der Waals surface area contributed by atoms with Crippen LogP contribution in [0, 0.1) is 0 Å². The van der Waals surface area contributed by atoms with E-state index in [1.807, 2.05) is 36.6 Å². The Bertz CT molecular complexity index is 262. The van der Waals surface area contributed by atoms with Gasteiger partial charge < -0.3 is 5.32 Å². The summed E-state index contributed by atoms with van der Waals surface area (Å²) in [6, 6.07) is 10.0.